The minimum Gasteiger partial charge on any atom is -0.372 e. The van der Waals surface area contributed by atoms with Crippen LogP contribution in [0.25, 0.3) is 10.9 Å². The molecular formula is C24H19BrN2O2. The van der Waals surface area contributed by atoms with Crippen LogP contribution in [0.1, 0.15) is 22.3 Å². The lowest BCUT2D eigenvalue weighted by molar-refractivity contribution is -0.132. The number of aryl methyl sites for hydroxylation is 1. The Bertz CT molecular complexity index is 1250. The summed E-state index contributed by atoms with van der Waals surface area (Å²) in [6, 6.07) is 21.4. The molecule has 0 radical (unpaired) electrons. The van der Waals surface area contributed by atoms with E-state index in [0.29, 0.717) is 17.7 Å². The number of carbonyl (C=O) groups excluding carboxylic acids is 1. The molecular weight excluding hydrogens is 428 g/mol. The summed E-state index contributed by atoms with van der Waals surface area (Å²) in [7, 11) is 0. The number of halogens is 1. The zero-order valence-electron chi connectivity index (χ0n) is 15.8. The number of hydrogen-bond donors (Lipinski definition) is 2. The van der Waals surface area contributed by atoms with E-state index in [4.69, 9.17) is 0 Å². The second-order valence-electron chi connectivity index (χ2n) is 7.50. The summed E-state index contributed by atoms with van der Waals surface area (Å²) < 4.78 is 0.819. The van der Waals surface area contributed by atoms with Crippen LogP contribution in [0.3, 0.4) is 0 Å². The number of aromatic amines is 1. The lowest BCUT2D eigenvalue weighted by Crippen LogP contribution is -2.40. The van der Waals surface area contributed by atoms with Crippen LogP contribution < -0.4 is 4.90 Å². The van der Waals surface area contributed by atoms with E-state index in [1.165, 1.54) is 5.56 Å². The lowest BCUT2D eigenvalue weighted by Gasteiger charge is -2.23. The number of amides is 1. The number of nitrogens with zero attached hydrogens (tertiary/aromatic N) is 1. The van der Waals surface area contributed by atoms with Crippen LogP contribution in [-0.4, -0.2) is 16.0 Å². The first-order valence-corrected chi connectivity index (χ1v) is 10.2. The molecule has 1 aliphatic heterocycles. The highest BCUT2D eigenvalue weighted by Crippen LogP contribution is 2.47. The summed E-state index contributed by atoms with van der Waals surface area (Å²) in [5.74, 6) is -0.337. The summed E-state index contributed by atoms with van der Waals surface area (Å²) in [4.78, 5) is 18.5. The quantitative estimate of drug-likeness (QED) is 0.463. The number of anilines is 1. The predicted molar refractivity (Wildman–Crippen MR) is 118 cm³/mol. The zero-order valence-corrected chi connectivity index (χ0v) is 17.4. The summed E-state index contributed by atoms with van der Waals surface area (Å²) in [5, 5.41) is 12.7. The summed E-state index contributed by atoms with van der Waals surface area (Å²) in [6.07, 6.45) is 1.74. The minimum atomic E-state index is -1.75. The van der Waals surface area contributed by atoms with Crippen molar-refractivity contribution in [1.29, 1.82) is 0 Å². The molecule has 5 rings (SSSR count). The molecule has 2 N–H and O–H groups in total. The molecule has 0 fully saturated rings. The third-order valence-electron chi connectivity index (χ3n) is 5.63. The van der Waals surface area contributed by atoms with Crippen molar-refractivity contribution in [1.82, 2.24) is 4.98 Å². The van der Waals surface area contributed by atoms with Gasteiger partial charge in [0.15, 0.2) is 5.60 Å². The van der Waals surface area contributed by atoms with Gasteiger partial charge in [-0.25, -0.2) is 0 Å². The number of para-hydroxylation sites is 1. The first-order chi connectivity index (χ1) is 14.0. The van der Waals surface area contributed by atoms with Crippen LogP contribution in [-0.2, 0) is 16.9 Å². The number of rotatable bonds is 3. The Morgan fingerprint density at radius 2 is 1.79 bits per heavy atom. The van der Waals surface area contributed by atoms with Gasteiger partial charge in [0.25, 0.3) is 5.91 Å². The lowest BCUT2D eigenvalue weighted by atomic mass is 9.87. The molecule has 0 saturated heterocycles. The van der Waals surface area contributed by atoms with Crippen molar-refractivity contribution in [2.24, 2.45) is 0 Å². The van der Waals surface area contributed by atoms with Crippen LogP contribution in [0.2, 0.25) is 0 Å². The molecule has 144 valence electrons. The smallest absolute Gasteiger partial charge is 0.268 e. The zero-order chi connectivity index (χ0) is 20.2. The molecule has 29 heavy (non-hydrogen) atoms. The van der Waals surface area contributed by atoms with Gasteiger partial charge in [-0.05, 0) is 36.8 Å². The van der Waals surface area contributed by atoms with Gasteiger partial charge in [0.2, 0.25) is 0 Å². The molecule has 1 aromatic heterocycles. The van der Waals surface area contributed by atoms with E-state index >= 15 is 0 Å². The van der Waals surface area contributed by atoms with E-state index in [1.54, 1.807) is 11.1 Å². The minimum absolute atomic E-state index is 0.337. The predicted octanol–water partition coefficient (Wildman–Crippen LogP) is 5.02. The van der Waals surface area contributed by atoms with Gasteiger partial charge < -0.3 is 15.0 Å². The van der Waals surface area contributed by atoms with E-state index in [2.05, 4.69) is 20.9 Å². The standard InChI is InChI=1S/C24H19BrN2O2/c1-15-6-8-16(9-7-15)14-27-22-11-10-17(25)12-19(22)24(29,23(27)28)20-13-26-21-5-3-2-4-18(20)21/h2-13,26,29H,14H2,1H3/t24-/m0/s1. The van der Waals surface area contributed by atoms with Crippen LogP contribution >= 0.6 is 15.9 Å². The number of carbonyl (C=O) groups is 1. The molecule has 1 aliphatic rings. The second kappa shape index (κ2) is 6.58. The summed E-state index contributed by atoms with van der Waals surface area (Å²) in [5.41, 5.74) is 3.21. The molecule has 5 heteroatoms. The second-order valence-corrected chi connectivity index (χ2v) is 8.41. The van der Waals surface area contributed by atoms with Gasteiger partial charge in [0.05, 0.1) is 12.2 Å². The highest BCUT2D eigenvalue weighted by atomic mass is 79.9. The van der Waals surface area contributed by atoms with Crippen LogP contribution in [0.4, 0.5) is 5.69 Å². The molecule has 4 aromatic rings. The third kappa shape index (κ3) is 2.73. The van der Waals surface area contributed by atoms with Crippen molar-refractivity contribution in [2.75, 3.05) is 4.90 Å². The first kappa shape index (κ1) is 18.2. The molecule has 0 unspecified atom stereocenters. The van der Waals surface area contributed by atoms with Crippen molar-refractivity contribution >= 4 is 38.4 Å². The van der Waals surface area contributed by atoms with Crippen molar-refractivity contribution in [3.05, 3.63) is 99.7 Å². The van der Waals surface area contributed by atoms with Gasteiger partial charge in [0, 0.05) is 32.7 Å². The van der Waals surface area contributed by atoms with Gasteiger partial charge in [-0.15, -0.1) is 0 Å². The fraction of sp³-hybridized carbons (Fsp3) is 0.125. The van der Waals surface area contributed by atoms with E-state index in [1.807, 2.05) is 73.7 Å². The van der Waals surface area contributed by atoms with Gasteiger partial charge in [-0.3, -0.25) is 4.79 Å². The van der Waals surface area contributed by atoms with Crippen molar-refractivity contribution in [2.45, 2.75) is 19.1 Å². The third-order valence-corrected chi connectivity index (χ3v) is 6.13. The maximum atomic E-state index is 13.7. The monoisotopic (exact) mass is 446 g/mol. The molecule has 0 bridgehead atoms. The molecule has 2 heterocycles. The van der Waals surface area contributed by atoms with E-state index in [-0.39, 0.29) is 5.91 Å². The highest BCUT2D eigenvalue weighted by molar-refractivity contribution is 9.10. The molecule has 0 saturated carbocycles. The molecule has 0 aliphatic carbocycles. The average molecular weight is 447 g/mol. The maximum Gasteiger partial charge on any atom is 0.268 e. The fourth-order valence-electron chi connectivity index (χ4n) is 4.12. The number of benzene rings is 3. The van der Waals surface area contributed by atoms with Crippen LogP contribution in [0.15, 0.2) is 77.4 Å². The number of fused-ring (bicyclic) bond motifs is 2. The maximum absolute atomic E-state index is 13.7. The summed E-state index contributed by atoms with van der Waals surface area (Å²) >= 11 is 3.50. The highest BCUT2D eigenvalue weighted by Gasteiger charge is 2.52. The topological polar surface area (TPSA) is 56.3 Å². The summed E-state index contributed by atoms with van der Waals surface area (Å²) in [6.45, 7) is 2.44. The van der Waals surface area contributed by atoms with Gasteiger partial charge in [-0.1, -0.05) is 64.0 Å². The molecule has 0 spiro atoms. The Morgan fingerprint density at radius 3 is 2.59 bits per heavy atom. The molecule has 1 amide bonds. The Morgan fingerprint density at radius 1 is 1.03 bits per heavy atom. The van der Waals surface area contributed by atoms with Crippen LogP contribution in [0.5, 0.6) is 0 Å². The normalized spacial score (nSPS) is 18.4. The van der Waals surface area contributed by atoms with Crippen molar-refractivity contribution < 1.29 is 9.90 Å². The van der Waals surface area contributed by atoms with Crippen LogP contribution in [0, 0.1) is 6.92 Å². The number of nitrogens with one attached hydrogen (secondary N) is 1. The Hall–Kier alpha value is -2.89. The molecule has 3 aromatic carbocycles. The van der Waals surface area contributed by atoms with E-state index < -0.39 is 5.60 Å². The van der Waals surface area contributed by atoms with E-state index in [9.17, 15) is 9.90 Å². The first-order valence-electron chi connectivity index (χ1n) is 9.45. The Kier molecular flexibility index (Phi) is 4.12. The van der Waals surface area contributed by atoms with Gasteiger partial charge >= 0.3 is 0 Å². The van der Waals surface area contributed by atoms with Gasteiger partial charge in [0.1, 0.15) is 0 Å². The Balaban J connectivity index is 1.68. The fourth-order valence-corrected chi connectivity index (χ4v) is 4.48. The number of H-pyrrole nitrogens is 1. The SMILES string of the molecule is Cc1ccc(CN2C(=O)[C@@](O)(c3c[nH]c4ccccc34)c3cc(Br)ccc32)cc1. The molecule has 4 nitrogen and oxygen atoms in total. The Labute approximate surface area is 176 Å². The van der Waals surface area contributed by atoms with Crippen molar-refractivity contribution in [3.63, 3.8) is 0 Å². The average Bonchev–Trinajstić information content (AvgIpc) is 3.24. The van der Waals surface area contributed by atoms with E-state index in [0.717, 1.165) is 26.6 Å². The van der Waals surface area contributed by atoms with Crippen molar-refractivity contribution in [3.8, 4) is 0 Å². The van der Waals surface area contributed by atoms with Gasteiger partial charge in [-0.2, -0.15) is 0 Å². The molecule has 1 atom stereocenters. The number of hydrogen-bond acceptors (Lipinski definition) is 2. The number of aliphatic hydroxyl groups is 1. The largest absolute Gasteiger partial charge is 0.372 e. The number of aromatic nitrogens is 1.